The zero-order valence-electron chi connectivity index (χ0n) is 10.8. The Morgan fingerprint density at radius 2 is 1.79 bits per heavy atom. The van der Waals surface area contributed by atoms with Crippen molar-refractivity contribution in [2.45, 2.75) is 12.5 Å². The average Bonchev–Trinajstić information content (AvgIpc) is 2.38. The molecule has 1 aliphatic heterocycles. The van der Waals surface area contributed by atoms with Gasteiger partial charge in [0.2, 0.25) is 0 Å². The van der Waals surface area contributed by atoms with Gasteiger partial charge in [0.25, 0.3) is 0 Å². The highest BCUT2D eigenvalue weighted by Crippen LogP contribution is 2.25. The summed E-state index contributed by atoms with van der Waals surface area (Å²) in [5, 5.41) is 3.40. The van der Waals surface area contributed by atoms with E-state index in [0.717, 1.165) is 32.6 Å². The summed E-state index contributed by atoms with van der Waals surface area (Å²) in [6.45, 7) is 8.34. The number of halogens is 3. The van der Waals surface area contributed by atoms with E-state index in [1.807, 2.05) is 6.08 Å². The van der Waals surface area contributed by atoms with E-state index in [1.54, 1.807) is 0 Å². The Labute approximate surface area is 142 Å². The molecule has 0 amide bonds. The maximum absolute atomic E-state index is 3.89. The van der Waals surface area contributed by atoms with E-state index in [9.17, 15) is 0 Å². The zero-order chi connectivity index (χ0) is 12.1. The summed E-state index contributed by atoms with van der Waals surface area (Å²) in [7, 11) is 0. The minimum Gasteiger partial charge on any atom is -0.314 e. The molecule has 1 aromatic rings. The molecule has 1 N–H and O–H groups in total. The van der Waals surface area contributed by atoms with Gasteiger partial charge in [-0.15, -0.1) is 31.4 Å². The third kappa shape index (κ3) is 5.60. The number of piperazine rings is 1. The van der Waals surface area contributed by atoms with Crippen LogP contribution in [0.15, 0.2) is 36.9 Å². The van der Waals surface area contributed by atoms with Crippen molar-refractivity contribution in [3.8, 4) is 0 Å². The Kier molecular flexibility index (Phi) is 10.1. The van der Waals surface area contributed by atoms with E-state index in [1.165, 1.54) is 9.13 Å². The van der Waals surface area contributed by atoms with E-state index in [-0.39, 0.29) is 24.8 Å². The van der Waals surface area contributed by atoms with Gasteiger partial charge in [-0.1, -0.05) is 18.2 Å². The van der Waals surface area contributed by atoms with Crippen LogP contribution in [0.3, 0.4) is 0 Å². The fraction of sp³-hybridized carbons (Fsp3) is 0.429. The molecule has 5 heteroatoms. The predicted octanol–water partition coefficient (Wildman–Crippen LogP) is 3.66. The van der Waals surface area contributed by atoms with E-state index in [4.69, 9.17) is 0 Å². The van der Waals surface area contributed by atoms with Gasteiger partial charge in [0.15, 0.2) is 0 Å². The highest BCUT2D eigenvalue weighted by atomic mass is 127. The molecule has 0 radical (unpaired) electrons. The first kappa shape index (κ1) is 19.2. The molecule has 1 aliphatic rings. The van der Waals surface area contributed by atoms with Crippen molar-refractivity contribution in [3.63, 3.8) is 0 Å². The van der Waals surface area contributed by atoms with Gasteiger partial charge >= 0.3 is 0 Å². The van der Waals surface area contributed by atoms with Crippen molar-refractivity contribution in [1.29, 1.82) is 0 Å². The van der Waals surface area contributed by atoms with E-state index >= 15 is 0 Å². The summed E-state index contributed by atoms with van der Waals surface area (Å²) in [6, 6.07) is 9.37. The number of benzene rings is 1. The Morgan fingerprint density at radius 1 is 1.21 bits per heavy atom. The van der Waals surface area contributed by atoms with Crippen LogP contribution in [0.1, 0.15) is 18.0 Å². The molecule has 0 aliphatic carbocycles. The van der Waals surface area contributed by atoms with Gasteiger partial charge in [-0.2, -0.15) is 0 Å². The van der Waals surface area contributed by atoms with Crippen LogP contribution in [-0.2, 0) is 0 Å². The minimum atomic E-state index is 0. The molecule has 1 aromatic carbocycles. The lowest BCUT2D eigenvalue weighted by molar-refractivity contribution is 0.174. The summed E-state index contributed by atoms with van der Waals surface area (Å²) < 4.78 is 1.30. The lowest BCUT2D eigenvalue weighted by Crippen LogP contribution is -2.45. The maximum Gasteiger partial charge on any atom is 0.0383 e. The SMILES string of the molecule is C=CC[C@H](c1ccc(I)cc1)N1CCNCC1.Cl.Cl. The number of nitrogens with zero attached hydrogens (tertiary/aromatic N) is 1. The molecule has 0 aromatic heterocycles. The van der Waals surface area contributed by atoms with Gasteiger partial charge in [0.1, 0.15) is 0 Å². The number of hydrogen-bond acceptors (Lipinski definition) is 2. The van der Waals surface area contributed by atoms with Crippen LogP contribution >= 0.6 is 47.4 Å². The Bertz CT molecular complexity index is 364. The molecular formula is C14H21Cl2IN2. The van der Waals surface area contributed by atoms with Gasteiger partial charge in [0, 0.05) is 35.8 Å². The summed E-state index contributed by atoms with van der Waals surface area (Å²) in [4.78, 5) is 2.56. The van der Waals surface area contributed by atoms with Crippen molar-refractivity contribution >= 4 is 47.4 Å². The van der Waals surface area contributed by atoms with Crippen LogP contribution < -0.4 is 5.32 Å². The molecule has 0 unspecified atom stereocenters. The maximum atomic E-state index is 3.89. The molecule has 1 heterocycles. The predicted molar refractivity (Wildman–Crippen MR) is 95.7 cm³/mol. The standard InChI is InChI=1S/C14H19IN2.2ClH/c1-2-3-14(17-10-8-16-9-11-17)12-4-6-13(15)7-5-12;;/h2,4-7,14,16H,1,3,8-11H2;2*1H/t14-;;/m1../s1. The van der Waals surface area contributed by atoms with Gasteiger partial charge in [-0.05, 0) is 46.7 Å². The number of nitrogens with one attached hydrogen (secondary N) is 1. The second-order valence-electron chi connectivity index (χ2n) is 4.38. The fourth-order valence-electron chi connectivity index (χ4n) is 2.33. The monoisotopic (exact) mass is 414 g/mol. The summed E-state index contributed by atoms with van der Waals surface area (Å²) >= 11 is 2.35. The third-order valence-electron chi connectivity index (χ3n) is 3.24. The average molecular weight is 415 g/mol. The van der Waals surface area contributed by atoms with Gasteiger partial charge in [0.05, 0.1) is 0 Å². The van der Waals surface area contributed by atoms with Gasteiger partial charge in [-0.3, -0.25) is 4.90 Å². The smallest absolute Gasteiger partial charge is 0.0383 e. The second kappa shape index (κ2) is 10.00. The molecular weight excluding hydrogens is 394 g/mol. The van der Waals surface area contributed by atoms with Crippen molar-refractivity contribution < 1.29 is 0 Å². The molecule has 2 nitrogen and oxygen atoms in total. The van der Waals surface area contributed by atoms with Crippen molar-refractivity contribution in [2.75, 3.05) is 26.2 Å². The molecule has 0 saturated carbocycles. The number of hydrogen-bond donors (Lipinski definition) is 1. The lowest BCUT2D eigenvalue weighted by atomic mass is 10.0. The second-order valence-corrected chi connectivity index (χ2v) is 5.62. The van der Waals surface area contributed by atoms with Crippen molar-refractivity contribution in [1.82, 2.24) is 10.2 Å². The van der Waals surface area contributed by atoms with E-state index < -0.39 is 0 Å². The molecule has 108 valence electrons. The van der Waals surface area contributed by atoms with Crippen LogP contribution in [0.5, 0.6) is 0 Å². The van der Waals surface area contributed by atoms with Crippen LogP contribution in [0.2, 0.25) is 0 Å². The first-order valence-corrected chi connectivity index (χ1v) is 7.20. The Morgan fingerprint density at radius 3 is 2.32 bits per heavy atom. The van der Waals surface area contributed by atoms with Crippen LogP contribution in [0.4, 0.5) is 0 Å². The largest absolute Gasteiger partial charge is 0.314 e. The molecule has 1 saturated heterocycles. The zero-order valence-corrected chi connectivity index (χ0v) is 14.6. The Balaban J connectivity index is 0.00000162. The quantitative estimate of drug-likeness (QED) is 0.597. The van der Waals surface area contributed by atoms with Crippen LogP contribution in [0.25, 0.3) is 0 Å². The van der Waals surface area contributed by atoms with E-state index in [2.05, 4.69) is 63.7 Å². The lowest BCUT2D eigenvalue weighted by Gasteiger charge is -2.34. The van der Waals surface area contributed by atoms with Crippen molar-refractivity contribution in [3.05, 3.63) is 46.1 Å². The molecule has 0 bridgehead atoms. The van der Waals surface area contributed by atoms with Crippen LogP contribution in [0, 0.1) is 3.57 Å². The topological polar surface area (TPSA) is 15.3 Å². The molecule has 1 atom stereocenters. The first-order chi connectivity index (χ1) is 8.31. The highest BCUT2D eigenvalue weighted by molar-refractivity contribution is 14.1. The summed E-state index contributed by atoms with van der Waals surface area (Å²) in [5.74, 6) is 0. The normalized spacial score (nSPS) is 16.9. The minimum absolute atomic E-state index is 0. The molecule has 1 fully saturated rings. The van der Waals surface area contributed by atoms with E-state index in [0.29, 0.717) is 6.04 Å². The highest BCUT2D eigenvalue weighted by Gasteiger charge is 2.20. The van der Waals surface area contributed by atoms with Crippen molar-refractivity contribution in [2.24, 2.45) is 0 Å². The van der Waals surface area contributed by atoms with Gasteiger partial charge < -0.3 is 5.32 Å². The Hall–Kier alpha value is 0.190. The van der Waals surface area contributed by atoms with Gasteiger partial charge in [-0.25, -0.2) is 0 Å². The molecule has 19 heavy (non-hydrogen) atoms. The third-order valence-corrected chi connectivity index (χ3v) is 3.96. The first-order valence-electron chi connectivity index (χ1n) is 6.12. The summed E-state index contributed by atoms with van der Waals surface area (Å²) in [6.07, 6.45) is 3.06. The summed E-state index contributed by atoms with van der Waals surface area (Å²) in [5.41, 5.74) is 1.41. The van der Waals surface area contributed by atoms with Crippen LogP contribution in [-0.4, -0.2) is 31.1 Å². The molecule has 2 rings (SSSR count). The fourth-order valence-corrected chi connectivity index (χ4v) is 2.69. The molecule has 0 spiro atoms. The number of rotatable bonds is 4.